The van der Waals surface area contributed by atoms with Crippen LogP contribution in [-0.4, -0.2) is 31.3 Å². The molecular weight excluding hydrogens is 346 g/mol. The van der Waals surface area contributed by atoms with Crippen molar-refractivity contribution in [2.45, 2.75) is 19.4 Å². The first-order valence-electron chi connectivity index (χ1n) is 7.32. The fraction of sp³-hybridized carbons (Fsp3) is 0.250. The average Bonchev–Trinajstić information content (AvgIpc) is 3.15. The quantitative estimate of drug-likeness (QED) is 0.907. The number of sulfonamides is 1. The third-order valence-electron chi connectivity index (χ3n) is 3.69. The van der Waals surface area contributed by atoms with Crippen molar-refractivity contribution in [1.82, 2.24) is 5.01 Å². The van der Waals surface area contributed by atoms with E-state index in [4.69, 9.17) is 0 Å². The molecule has 0 bridgehead atoms. The summed E-state index contributed by atoms with van der Waals surface area (Å²) in [6, 6.07) is 8.89. The van der Waals surface area contributed by atoms with E-state index < -0.39 is 10.0 Å². The zero-order valence-electron chi connectivity index (χ0n) is 13.3. The minimum atomic E-state index is -3.40. The molecule has 24 heavy (non-hydrogen) atoms. The highest BCUT2D eigenvalue weighted by Crippen LogP contribution is 2.35. The largest absolute Gasteiger partial charge is 0.283 e. The fourth-order valence-electron chi connectivity index (χ4n) is 2.71. The standard InChI is InChI=1S/C16H17N3O3S2/c1-11(20)19-16(12-7-8-23-10-12)9-15(17-19)13-5-3-4-6-14(13)18-24(2,21)22/h3-8,10,16,18H,9H2,1-2H3. The third kappa shape index (κ3) is 3.49. The van der Waals surface area contributed by atoms with Crippen molar-refractivity contribution < 1.29 is 13.2 Å². The van der Waals surface area contributed by atoms with E-state index in [9.17, 15) is 13.2 Å². The molecule has 1 aliphatic rings. The fourth-order valence-corrected chi connectivity index (χ4v) is 4.00. The monoisotopic (exact) mass is 363 g/mol. The van der Waals surface area contributed by atoms with Crippen LogP contribution in [0.1, 0.15) is 30.5 Å². The Hall–Kier alpha value is -2.19. The molecule has 1 aromatic carbocycles. The molecule has 0 radical (unpaired) electrons. The Balaban J connectivity index is 1.99. The van der Waals surface area contributed by atoms with Gasteiger partial charge in [0.15, 0.2) is 0 Å². The van der Waals surface area contributed by atoms with Gasteiger partial charge in [0.05, 0.1) is 23.7 Å². The number of carbonyl (C=O) groups is 1. The molecule has 2 aromatic rings. The molecule has 0 aliphatic carbocycles. The van der Waals surface area contributed by atoms with Crippen LogP contribution in [0, 0.1) is 0 Å². The number of hydrazone groups is 1. The van der Waals surface area contributed by atoms with E-state index in [1.54, 1.807) is 29.5 Å². The predicted octanol–water partition coefficient (Wildman–Crippen LogP) is 2.82. The second-order valence-electron chi connectivity index (χ2n) is 5.61. The van der Waals surface area contributed by atoms with E-state index in [0.29, 0.717) is 23.4 Å². The van der Waals surface area contributed by atoms with Crippen LogP contribution in [-0.2, 0) is 14.8 Å². The van der Waals surface area contributed by atoms with Crippen LogP contribution in [0.25, 0.3) is 0 Å². The molecular formula is C16H17N3O3S2. The Bertz CT molecular complexity index is 889. The van der Waals surface area contributed by atoms with Gasteiger partial charge in [-0.15, -0.1) is 0 Å². The normalized spacial score (nSPS) is 17.7. The van der Waals surface area contributed by atoms with Crippen LogP contribution < -0.4 is 4.72 Å². The van der Waals surface area contributed by atoms with Crippen LogP contribution in [0.15, 0.2) is 46.2 Å². The molecule has 126 valence electrons. The molecule has 0 fully saturated rings. The summed E-state index contributed by atoms with van der Waals surface area (Å²) in [6.07, 6.45) is 1.65. The lowest BCUT2D eigenvalue weighted by Gasteiger charge is -2.18. The molecule has 0 saturated carbocycles. The number of para-hydroxylation sites is 1. The highest BCUT2D eigenvalue weighted by molar-refractivity contribution is 7.92. The maximum Gasteiger partial charge on any atom is 0.240 e. The first-order chi connectivity index (χ1) is 11.3. The number of carbonyl (C=O) groups excluding carboxylic acids is 1. The number of thiophene rings is 1. The second-order valence-corrected chi connectivity index (χ2v) is 8.14. The summed E-state index contributed by atoms with van der Waals surface area (Å²) >= 11 is 1.57. The Kier molecular flexibility index (Phi) is 4.42. The maximum absolute atomic E-state index is 12.0. The van der Waals surface area contributed by atoms with Gasteiger partial charge in [0.25, 0.3) is 0 Å². The summed E-state index contributed by atoms with van der Waals surface area (Å²) in [6.45, 7) is 1.48. The zero-order valence-corrected chi connectivity index (χ0v) is 14.9. The van der Waals surface area contributed by atoms with Crippen molar-refractivity contribution in [1.29, 1.82) is 0 Å². The molecule has 8 heteroatoms. The minimum Gasteiger partial charge on any atom is -0.283 e. The summed E-state index contributed by atoms with van der Waals surface area (Å²) in [4.78, 5) is 12.0. The first kappa shape index (κ1) is 16.7. The zero-order chi connectivity index (χ0) is 17.3. The van der Waals surface area contributed by atoms with Crippen molar-refractivity contribution in [3.8, 4) is 0 Å². The molecule has 6 nitrogen and oxygen atoms in total. The number of nitrogens with one attached hydrogen (secondary N) is 1. The van der Waals surface area contributed by atoms with Gasteiger partial charge in [0, 0.05) is 18.9 Å². The lowest BCUT2D eigenvalue weighted by atomic mass is 9.99. The number of hydrogen-bond acceptors (Lipinski definition) is 5. The molecule has 0 spiro atoms. The number of benzene rings is 1. The Morgan fingerprint density at radius 2 is 2.08 bits per heavy atom. The van der Waals surface area contributed by atoms with E-state index in [0.717, 1.165) is 11.8 Å². The van der Waals surface area contributed by atoms with Gasteiger partial charge >= 0.3 is 0 Å². The molecule has 0 saturated heterocycles. The Morgan fingerprint density at radius 1 is 1.33 bits per heavy atom. The molecule has 3 rings (SSSR count). The number of hydrogen-bond donors (Lipinski definition) is 1. The SMILES string of the molecule is CC(=O)N1N=C(c2ccccc2NS(C)(=O)=O)CC1c1ccsc1. The molecule has 1 amide bonds. The summed E-state index contributed by atoms with van der Waals surface area (Å²) in [5.74, 6) is -0.144. The van der Waals surface area contributed by atoms with Crippen molar-refractivity contribution in [2.75, 3.05) is 11.0 Å². The number of rotatable bonds is 4. The van der Waals surface area contributed by atoms with Gasteiger partial charge in [-0.3, -0.25) is 9.52 Å². The minimum absolute atomic E-state index is 0.144. The van der Waals surface area contributed by atoms with Crippen LogP contribution in [0.5, 0.6) is 0 Å². The van der Waals surface area contributed by atoms with Crippen LogP contribution in [0.4, 0.5) is 5.69 Å². The summed E-state index contributed by atoms with van der Waals surface area (Å²) < 4.78 is 25.7. The van der Waals surface area contributed by atoms with Gasteiger partial charge in [-0.2, -0.15) is 16.4 Å². The highest BCUT2D eigenvalue weighted by atomic mass is 32.2. The van der Waals surface area contributed by atoms with E-state index in [1.165, 1.54) is 11.9 Å². The third-order valence-corrected chi connectivity index (χ3v) is 4.99. The van der Waals surface area contributed by atoms with Crippen molar-refractivity contribution in [3.05, 3.63) is 52.2 Å². The van der Waals surface area contributed by atoms with Gasteiger partial charge in [0.2, 0.25) is 15.9 Å². The van der Waals surface area contributed by atoms with Crippen molar-refractivity contribution in [3.63, 3.8) is 0 Å². The smallest absolute Gasteiger partial charge is 0.240 e. The van der Waals surface area contributed by atoms with Crippen molar-refractivity contribution in [2.24, 2.45) is 5.10 Å². The van der Waals surface area contributed by atoms with Gasteiger partial charge in [-0.05, 0) is 28.5 Å². The van der Waals surface area contributed by atoms with E-state index >= 15 is 0 Å². The maximum atomic E-state index is 12.0. The first-order valence-corrected chi connectivity index (χ1v) is 10.1. The van der Waals surface area contributed by atoms with E-state index in [-0.39, 0.29) is 11.9 Å². The number of amides is 1. The van der Waals surface area contributed by atoms with Gasteiger partial charge in [-0.25, -0.2) is 13.4 Å². The molecule has 1 unspecified atom stereocenters. The summed E-state index contributed by atoms with van der Waals surface area (Å²) in [5.41, 5.74) is 2.87. The molecule has 1 N–H and O–H groups in total. The molecule has 2 heterocycles. The summed E-state index contributed by atoms with van der Waals surface area (Å²) in [5, 5.41) is 9.89. The average molecular weight is 363 g/mol. The Morgan fingerprint density at radius 3 is 2.71 bits per heavy atom. The van der Waals surface area contributed by atoms with Crippen molar-refractivity contribution >= 4 is 38.7 Å². The summed E-state index contributed by atoms with van der Waals surface area (Å²) in [7, 11) is -3.40. The lowest BCUT2D eigenvalue weighted by molar-refractivity contribution is -0.130. The van der Waals surface area contributed by atoms with Gasteiger partial charge in [-0.1, -0.05) is 18.2 Å². The number of anilines is 1. The van der Waals surface area contributed by atoms with Gasteiger partial charge in [0.1, 0.15) is 0 Å². The van der Waals surface area contributed by atoms with E-state index in [2.05, 4.69) is 9.82 Å². The molecule has 1 aliphatic heterocycles. The molecule has 1 aromatic heterocycles. The van der Waals surface area contributed by atoms with Gasteiger partial charge < -0.3 is 0 Å². The van der Waals surface area contributed by atoms with Crippen LogP contribution >= 0.6 is 11.3 Å². The molecule has 1 atom stereocenters. The number of nitrogens with zero attached hydrogens (tertiary/aromatic N) is 2. The Labute approximate surface area is 144 Å². The second kappa shape index (κ2) is 6.37. The van der Waals surface area contributed by atoms with Crippen LogP contribution in [0.3, 0.4) is 0 Å². The highest BCUT2D eigenvalue weighted by Gasteiger charge is 2.32. The lowest BCUT2D eigenvalue weighted by Crippen LogP contribution is -2.23. The predicted molar refractivity (Wildman–Crippen MR) is 95.6 cm³/mol. The topological polar surface area (TPSA) is 78.8 Å². The van der Waals surface area contributed by atoms with Crippen LogP contribution in [0.2, 0.25) is 0 Å². The van der Waals surface area contributed by atoms with E-state index in [1.807, 2.05) is 22.9 Å².